The van der Waals surface area contributed by atoms with Crippen LogP contribution >= 0.6 is 0 Å². The van der Waals surface area contributed by atoms with E-state index in [1.807, 2.05) is 18.9 Å². The summed E-state index contributed by atoms with van der Waals surface area (Å²) in [7, 11) is -2.02. The maximum absolute atomic E-state index is 12.6. The second-order valence-corrected chi connectivity index (χ2v) is 7.15. The summed E-state index contributed by atoms with van der Waals surface area (Å²) in [5, 5.41) is 5.78. The van der Waals surface area contributed by atoms with Crippen LogP contribution in [0.25, 0.3) is 0 Å². The Morgan fingerprint density at radius 3 is 2.30 bits per heavy atom. The summed E-state index contributed by atoms with van der Waals surface area (Å²) in [6.45, 7) is 5.75. The molecule has 7 nitrogen and oxygen atoms in total. The number of rotatable bonds is 3. The van der Waals surface area contributed by atoms with E-state index in [1.165, 1.54) is 4.68 Å². The molecule has 1 aromatic heterocycles. The van der Waals surface area contributed by atoms with Crippen molar-refractivity contribution < 1.29 is 8.42 Å². The molecule has 0 saturated carbocycles. The Hall–Kier alpha value is -1.12. The smallest absolute Gasteiger partial charge is 0.259 e. The number of anilines is 1. The summed E-state index contributed by atoms with van der Waals surface area (Å²) >= 11 is 0. The molecule has 3 N–H and O–H groups in total. The minimum Gasteiger partial charge on any atom is -0.381 e. The van der Waals surface area contributed by atoms with Crippen LogP contribution in [0.3, 0.4) is 0 Å². The SMILES string of the molecule is Cc1c(S(=O)(=O)NN2C(C)CCCC2C)c(N)nn1C. The highest BCUT2D eigenvalue weighted by atomic mass is 32.2. The highest BCUT2D eigenvalue weighted by Crippen LogP contribution is 2.25. The standard InChI is InChI=1S/C12H23N5O2S/c1-8-6-5-7-9(2)17(8)15-20(18,19)11-10(3)16(4)14-12(11)13/h8-9,15H,5-7H2,1-4H3,(H2,13,14). The number of nitrogens with one attached hydrogen (secondary N) is 1. The summed E-state index contributed by atoms with van der Waals surface area (Å²) in [5.41, 5.74) is 6.27. The molecule has 0 spiro atoms. The van der Waals surface area contributed by atoms with Gasteiger partial charge < -0.3 is 5.73 Å². The zero-order valence-electron chi connectivity index (χ0n) is 12.4. The molecular formula is C12H23N5O2S. The van der Waals surface area contributed by atoms with Gasteiger partial charge in [0.25, 0.3) is 10.0 Å². The van der Waals surface area contributed by atoms with Gasteiger partial charge in [0.05, 0.1) is 5.69 Å². The monoisotopic (exact) mass is 301 g/mol. The van der Waals surface area contributed by atoms with Crippen LogP contribution in [0.15, 0.2) is 4.90 Å². The van der Waals surface area contributed by atoms with Crippen LogP contribution in [0.5, 0.6) is 0 Å². The third kappa shape index (κ3) is 2.68. The predicted octanol–water partition coefficient (Wildman–Crippen LogP) is 0.767. The van der Waals surface area contributed by atoms with Gasteiger partial charge in [0.15, 0.2) is 5.82 Å². The van der Waals surface area contributed by atoms with Gasteiger partial charge in [0, 0.05) is 19.1 Å². The van der Waals surface area contributed by atoms with Crippen molar-refractivity contribution in [2.45, 2.75) is 57.0 Å². The molecule has 0 aliphatic carbocycles. The first-order chi connectivity index (χ1) is 9.24. The van der Waals surface area contributed by atoms with Crippen molar-refractivity contribution in [2.24, 2.45) is 7.05 Å². The van der Waals surface area contributed by atoms with Gasteiger partial charge in [-0.1, -0.05) is 6.42 Å². The number of hydrogen-bond acceptors (Lipinski definition) is 5. The largest absolute Gasteiger partial charge is 0.381 e. The van der Waals surface area contributed by atoms with Crippen LogP contribution in [0.1, 0.15) is 38.8 Å². The second-order valence-electron chi connectivity index (χ2n) is 5.55. The number of sulfonamides is 1. The number of hydrogen-bond donors (Lipinski definition) is 2. The number of hydrazine groups is 1. The van der Waals surface area contributed by atoms with Gasteiger partial charge in [-0.25, -0.2) is 13.4 Å². The lowest BCUT2D eigenvalue weighted by Gasteiger charge is -2.38. The molecule has 1 saturated heterocycles. The normalized spacial score (nSPS) is 25.0. The Kier molecular flexibility index (Phi) is 4.08. The topological polar surface area (TPSA) is 93.2 Å². The number of nitrogens with zero attached hydrogens (tertiary/aromatic N) is 3. The first kappa shape index (κ1) is 15.3. The maximum atomic E-state index is 12.6. The van der Waals surface area contributed by atoms with Crippen LogP contribution in [-0.2, 0) is 17.1 Å². The third-order valence-electron chi connectivity index (χ3n) is 3.99. The van der Waals surface area contributed by atoms with Crippen LogP contribution < -0.4 is 10.6 Å². The number of aromatic nitrogens is 2. The van der Waals surface area contributed by atoms with Crippen molar-refractivity contribution in [1.29, 1.82) is 0 Å². The van der Waals surface area contributed by atoms with Gasteiger partial charge in [0.2, 0.25) is 0 Å². The molecule has 2 rings (SSSR count). The van der Waals surface area contributed by atoms with Crippen molar-refractivity contribution in [2.75, 3.05) is 5.73 Å². The molecule has 2 unspecified atom stereocenters. The molecular weight excluding hydrogens is 278 g/mol. The minimum atomic E-state index is -3.70. The summed E-state index contributed by atoms with van der Waals surface area (Å²) < 4.78 is 26.6. The predicted molar refractivity (Wildman–Crippen MR) is 77.3 cm³/mol. The zero-order valence-corrected chi connectivity index (χ0v) is 13.2. The molecule has 20 heavy (non-hydrogen) atoms. The quantitative estimate of drug-likeness (QED) is 0.860. The molecule has 0 amide bonds. The van der Waals surface area contributed by atoms with E-state index in [0.717, 1.165) is 19.3 Å². The van der Waals surface area contributed by atoms with Crippen LogP contribution in [0.2, 0.25) is 0 Å². The van der Waals surface area contributed by atoms with Crippen molar-refractivity contribution in [3.8, 4) is 0 Å². The molecule has 114 valence electrons. The molecule has 0 aromatic carbocycles. The van der Waals surface area contributed by atoms with Gasteiger partial charge in [-0.3, -0.25) is 4.68 Å². The molecule has 1 aliphatic heterocycles. The van der Waals surface area contributed by atoms with E-state index < -0.39 is 10.0 Å². The van der Waals surface area contributed by atoms with Crippen molar-refractivity contribution >= 4 is 15.8 Å². The molecule has 1 aliphatic rings. The number of aryl methyl sites for hydroxylation is 1. The fourth-order valence-electron chi connectivity index (χ4n) is 2.73. The van der Waals surface area contributed by atoms with Crippen LogP contribution in [0.4, 0.5) is 5.82 Å². The van der Waals surface area contributed by atoms with Gasteiger partial charge in [-0.2, -0.15) is 5.10 Å². The van der Waals surface area contributed by atoms with Gasteiger partial charge in [-0.15, -0.1) is 4.83 Å². The first-order valence-electron chi connectivity index (χ1n) is 6.84. The molecule has 2 atom stereocenters. The summed E-state index contributed by atoms with van der Waals surface area (Å²) in [6.07, 6.45) is 3.08. The Morgan fingerprint density at radius 1 is 1.30 bits per heavy atom. The number of piperidine rings is 1. The van der Waals surface area contributed by atoms with E-state index >= 15 is 0 Å². The average molecular weight is 301 g/mol. The Balaban J connectivity index is 2.31. The van der Waals surface area contributed by atoms with E-state index in [2.05, 4.69) is 9.93 Å². The van der Waals surface area contributed by atoms with Gasteiger partial charge >= 0.3 is 0 Å². The fraction of sp³-hybridized carbons (Fsp3) is 0.750. The summed E-state index contributed by atoms with van der Waals surface area (Å²) in [6, 6.07) is 0.346. The molecule has 0 radical (unpaired) electrons. The highest BCUT2D eigenvalue weighted by Gasteiger charge is 2.32. The lowest BCUT2D eigenvalue weighted by atomic mass is 10.0. The van der Waals surface area contributed by atoms with Gasteiger partial charge in [0.1, 0.15) is 4.90 Å². The number of nitrogens with two attached hydrogens (primary N) is 1. The van der Waals surface area contributed by atoms with E-state index in [4.69, 9.17) is 5.73 Å². The second kappa shape index (κ2) is 5.34. The number of nitrogen functional groups attached to an aromatic ring is 1. The van der Waals surface area contributed by atoms with Gasteiger partial charge in [-0.05, 0) is 33.6 Å². The molecule has 0 bridgehead atoms. The summed E-state index contributed by atoms with van der Waals surface area (Å²) in [5.74, 6) is 0.0369. The molecule has 1 aromatic rings. The zero-order chi connectivity index (χ0) is 15.1. The molecule has 1 fully saturated rings. The fourth-order valence-corrected chi connectivity index (χ4v) is 4.30. The Bertz CT molecular complexity index is 585. The molecule has 8 heteroatoms. The van der Waals surface area contributed by atoms with E-state index in [1.54, 1.807) is 14.0 Å². The van der Waals surface area contributed by atoms with Crippen LogP contribution in [-0.4, -0.2) is 35.3 Å². The van der Waals surface area contributed by atoms with Crippen LogP contribution in [0, 0.1) is 6.92 Å². The van der Waals surface area contributed by atoms with Crippen molar-refractivity contribution in [1.82, 2.24) is 19.6 Å². The molecule has 2 heterocycles. The summed E-state index contributed by atoms with van der Waals surface area (Å²) in [4.78, 5) is 2.75. The Morgan fingerprint density at radius 2 is 1.85 bits per heavy atom. The third-order valence-corrected chi connectivity index (χ3v) is 5.49. The maximum Gasteiger partial charge on any atom is 0.259 e. The van der Waals surface area contributed by atoms with Crippen molar-refractivity contribution in [3.63, 3.8) is 0 Å². The first-order valence-corrected chi connectivity index (χ1v) is 8.32. The highest BCUT2D eigenvalue weighted by molar-refractivity contribution is 7.89. The van der Waals surface area contributed by atoms with E-state index in [0.29, 0.717) is 5.69 Å². The van der Waals surface area contributed by atoms with Crippen molar-refractivity contribution in [3.05, 3.63) is 5.69 Å². The lowest BCUT2D eigenvalue weighted by molar-refractivity contribution is 0.0790. The lowest BCUT2D eigenvalue weighted by Crippen LogP contribution is -2.54. The average Bonchev–Trinajstić information content (AvgIpc) is 2.59. The minimum absolute atomic E-state index is 0.0369. The van der Waals surface area contributed by atoms with E-state index in [-0.39, 0.29) is 22.8 Å². The van der Waals surface area contributed by atoms with E-state index in [9.17, 15) is 8.42 Å². The Labute approximate surface area is 120 Å².